The van der Waals surface area contributed by atoms with Gasteiger partial charge in [0.2, 0.25) is 0 Å². The molecule has 1 aromatic heterocycles. The van der Waals surface area contributed by atoms with Crippen LogP contribution in [0.1, 0.15) is 21.7 Å². The fourth-order valence-corrected chi connectivity index (χ4v) is 3.76. The lowest BCUT2D eigenvalue weighted by Gasteiger charge is -2.34. The van der Waals surface area contributed by atoms with Crippen LogP contribution >= 0.6 is 15.9 Å². The van der Waals surface area contributed by atoms with Crippen LogP contribution in [-0.2, 0) is 6.54 Å². The van der Waals surface area contributed by atoms with Crippen molar-refractivity contribution in [3.05, 3.63) is 70.0 Å². The van der Waals surface area contributed by atoms with Crippen LogP contribution in [0, 0.1) is 6.92 Å². The van der Waals surface area contributed by atoms with Crippen LogP contribution in [0.4, 0.5) is 0 Å². The van der Waals surface area contributed by atoms with E-state index >= 15 is 0 Å². The summed E-state index contributed by atoms with van der Waals surface area (Å²) in [4.78, 5) is 16.9. The first-order valence-corrected chi connectivity index (χ1v) is 10.0. The highest BCUT2D eigenvalue weighted by Gasteiger charge is 2.24. The number of carbonyl (C=O) groups excluding carboxylic acids is 1. The van der Waals surface area contributed by atoms with Gasteiger partial charge in [-0.1, -0.05) is 29.8 Å². The molecule has 4 rings (SSSR count). The van der Waals surface area contributed by atoms with Crippen LogP contribution in [0.2, 0.25) is 0 Å². The van der Waals surface area contributed by atoms with Crippen molar-refractivity contribution in [2.75, 3.05) is 26.2 Å². The third-order valence-corrected chi connectivity index (χ3v) is 5.63. The van der Waals surface area contributed by atoms with E-state index in [0.29, 0.717) is 25.2 Å². The van der Waals surface area contributed by atoms with Crippen molar-refractivity contribution in [1.29, 1.82) is 0 Å². The third kappa shape index (κ3) is 3.98. The van der Waals surface area contributed by atoms with Gasteiger partial charge in [-0.05, 0) is 57.5 Å². The number of aromatic nitrogens is 4. The van der Waals surface area contributed by atoms with Crippen molar-refractivity contribution in [2.24, 2.45) is 0 Å². The van der Waals surface area contributed by atoms with E-state index in [1.807, 2.05) is 53.4 Å². The van der Waals surface area contributed by atoms with Crippen molar-refractivity contribution < 1.29 is 4.79 Å². The minimum atomic E-state index is 0.0663. The summed E-state index contributed by atoms with van der Waals surface area (Å²) in [7, 11) is 0. The first kappa shape index (κ1) is 18.8. The molecule has 8 heteroatoms. The third-order valence-electron chi connectivity index (χ3n) is 4.94. The van der Waals surface area contributed by atoms with E-state index in [9.17, 15) is 4.79 Å². The van der Waals surface area contributed by atoms with Crippen molar-refractivity contribution in [1.82, 2.24) is 30.0 Å². The summed E-state index contributed by atoms with van der Waals surface area (Å²) in [5, 5.41) is 12.2. The second-order valence-electron chi connectivity index (χ2n) is 6.89. The number of benzene rings is 2. The number of nitrogens with zero attached hydrogens (tertiary/aromatic N) is 6. The highest BCUT2D eigenvalue weighted by Crippen LogP contribution is 2.19. The molecule has 0 aliphatic carbocycles. The number of rotatable bonds is 4. The molecular formula is C20H21BrN6O. The van der Waals surface area contributed by atoms with Crippen molar-refractivity contribution >= 4 is 21.8 Å². The quantitative estimate of drug-likeness (QED) is 0.623. The fraction of sp³-hybridized carbons (Fsp3) is 0.300. The Morgan fingerprint density at radius 3 is 2.46 bits per heavy atom. The summed E-state index contributed by atoms with van der Waals surface area (Å²) >= 11 is 3.47. The minimum absolute atomic E-state index is 0.0663. The van der Waals surface area contributed by atoms with E-state index in [1.54, 1.807) is 4.68 Å². The van der Waals surface area contributed by atoms with Gasteiger partial charge in [-0.15, -0.1) is 5.10 Å². The summed E-state index contributed by atoms with van der Waals surface area (Å²) < 4.78 is 2.61. The van der Waals surface area contributed by atoms with Crippen molar-refractivity contribution in [2.45, 2.75) is 13.5 Å². The Kier molecular flexibility index (Phi) is 5.50. The zero-order chi connectivity index (χ0) is 19.5. The predicted molar refractivity (Wildman–Crippen MR) is 109 cm³/mol. The van der Waals surface area contributed by atoms with Crippen LogP contribution in [0.3, 0.4) is 0 Å². The summed E-state index contributed by atoms with van der Waals surface area (Å²) in [6.45, 7) is 5.66. The Labute approximate surface area is 172 Å². The van der Waals surface area contributed by atoms with Gasteiger partial charge in [-0.3, -0.25) is 9.69 Å². The lowest BCUT2D eigenvalue weighted by Crippen LogP contribution is -2.48. The first-order valence-electron chi connectivity index (χ1n) is 9.22. The molecule has 0 atom stereocenters. The van der Waals surface area contributed by atoms with Gasteiger partial charge in [-0.25, -0.2) is 0 Å². The fourth-order valence-electron chi connectivity index (χ4n) is 3.30. The molecule has 1 aliphatic heterocycles. The smallest absolute Gasteiger partial charge is 0.255 e. The molecule has 144 valence electrons. The summed E-state index contributed by atoms with van der Waals surface area (Å²) in [5.41, 5.74) is 2.86. The second-order valence-corrected chi connectivity index (χ2v) is 7.74. The van der Waals surface area contributed by atoms with E-state index in [-0.39, 0.29) is 5.91 Å². The lowest BCUT2D eigenvalue weighted by atomic mass is 10.2. The van der Waals surface area contributed by atoms with E-state index in [1.165, 1.54) is 5.56 Å². The monoisotopic (exact) mass is 440 g/mol. The van der Waals surface area contributed by atoms with Gasteiger partial charge < -0.3 is 4.90 Å². The Bertz CT molecular complexity index is 963. The zero-order valence-corrected chi connectivity index (χ0v) is 17.2. The molecule has 0 N–H and O–H groups in total. The largest absolute Gasteiger partial charge is 0.336 e. The number of piperazine rings is 1. The molecule has 0 bridgehead atoms. The van der Waals surface area contributed by atoms with Gasteiger partial charge >= 0.3 is 0 Å². The Balaban J connectivity index is 1.39. The van der Waals surface area contributed by atoms with Gasteiger partial charge in [0.05, 0.1) is 17.8 Å². The summed E-state index contributed by atoms with van der Waals surface area (Å²) in [5.74, 6) is 0.867. The Morgan fingerprint density at radius 2 is 1.75 bits per heavy atom. The SMILES string of the molecule is Cc1ccc(-n2nnnc2CN2CCN(C(=O)c3ccccc3Br)CC2)cc1. The number of amides is 1. The molecular weight excluding hydrogens is 420 g/mol. The maximum Gasteiger partial charge on any atom is 0.255 e. The Morgan fingerprint density at radius 1 is 1.04 bits per heavy atom. The van der Waals surface area contributed by atoms with E-state index in [0.717, 1.165) is 29.1 Å². The number of hydrogen-bond acceptors (Lipinski definition) is 5. The number of tetrazole rings is 1. The average molecular weight is 441 g/mol. The Hall–Kier alpha value is -2.58. The zero-order valence-electron chi connectivity index (χ0n) is 15.6. The topological polar surface area (TPSA) is 67.2 Å². The highest BCUT2D eigenvalue weighted by atomic mass is 79.9. The van der Waals surface area contributed by atoms with Crippen LogP contribution in [0.15, 0.2) is 53.0 Å². The molecule has 0 unspecified atom stereocenters. The van der Waals surface area contributed by atoms with Gasteiger partial charge in [0.1, 0.15) is 0 Å². The first-order chi connectivity index (χ1) is 13.6. The van der Waals surface area contributed by atoms with Crippen molar-refractivity contribution in [3.63, 3.8) is 0 Å². The molecule has 1 aliphatic rings. The number of halogens is 1. The minimum Gasteiger partial charge on any atom is -0.336 e. The van der Waals surface area contributed by atoms with Crippen LogP contribution in [-0.4, -0.2) is 62.1 Å². The lowest BCUT2D eigenvalue weighted by molar-refractivity contribution is 0.0623. The molecule has 1 fully saturated rings. The molecule has 28 heavy (non-hydrogen) atoms. The van der Waals surface area contributed by atoms with Gasteiger partial charge in [0.15, 0.2) is 5.82 Å². The van der Waals surface area contributed by atoms with Gasteiger partial charge in [0.25, 0.3) is 5.91 Å². The normalized spacial score (nSPS) is 15.0. The molecule has 0 saturated carbocycles. The van der Waals surface area contributed by atoms with Crippen LogP contribution in [0.25, 0.3) is 5.69 Å². The number of aryl methyl sites for hydroxylation is 1. The van der Waals surface area contributed by atoms with Crippen LogP contribution < -0.4 is 0 Å². The standard InChI is InChI=1S/C20H21BrN6O/c1-15-6-8-16(9-7-15)27-19(22-23-24-27)14-25-10-12-26(13-11-25)20(28)17-4-2-3-5-18(17)21/h2-9H,10-14H2,1H3. The average Bonchev–Trinajstić information content (AvgIpc) is 3.17. The molecule has 0 radical (unpaired) electrons. The molecule has 2 aromatic carbocycles. The maximum atomic E-state index is 12.8. The molecule has 0 spiro atoms. The number of carbonyl (C=O) groups is 1. The highest BCUT2D eigenvalue weighted by molar-refractivity contribution is 9.10. The predicted octanol–water partition coefficient (Wildman–Crippen LogP) is 2.69. The maximum absolute atomic E-state index is 12.8. The number of hydrogen-bond donors (Lipinski definition) is 0. The molecule has 3 aromatic rings. The molecule has 1 saturated heterocycles. The van der Waals surface area contributed by atoms with Crippen LogP contribution in [0.5, 0.6) is 0 Å². The summed E-state index contributed by atoms with van der Waals surface area (Å²) in [6, 6.07) is 15.7. The van der Waals surface area contributed by atoms with Gasteiger partial charge in [-0.2, -0.15) is 4.68 Å². The molecule has 2 heterocycles. The van der Waals surface area contributed by atoms with E-state index in [2.05, 4.69) is 43.3 Å². The van der Waals surface area contributed by atoms with E-state index < -0.39 is 0 Å². The van der Waals surface area contributed by atoms with Gasteiger partial charge in [0, 0.05) is 30.7 Å². The van der Waals surface area contributed by atoms with Crippen molar-refractivity contribution in [3.8, 4) is 5.69 Å². The molecule has 7 nitrogen and oxygen atoms in total. The molecule has 1 amide bonds. The second kappa shape index (κ2) is 8.20. The summed E-state index contributed by atoms with van der Waals surface area (Å²) in [6.07, 6.45) is 0. The van der Waals surface area contributed by atoms with E-state index in [4.69, 9.17) is 0 Å².